The maximum atomic E-state index is 4.75. The van der Waals surface area contributed by atoms with Crippen molar-refractivity contribution in [2.75, 3.05) is 6.54 Å². The SMILES string of the molecule is Cc1nn(C2CCCCCC2)cc1CNCC(C)C. The summed E-state index contributed by atoms with van der Waals surface area (Å²) in [7, 11) is 0. The van der Waals surface area contributed by atoms with Gasteiger partial charge in [-0.3, -0.25) is 4.68 Å². The molecule has 1 heterocycles. The molecule has 0 unspecified atom stereocenters. The van der Waals surface area contributed by atoms with Gasteiger partial charge in [-0.25, -0.2) is 0 Å². The molecular weight excluding hydrogens is 234 g/mol. The molecule has 0 aliphatic heterocycles. The molecule has 0 bridgehead atoms. The normalized spacial score (nSPS) is 17.9. The molecule has 108 valence electrons. The minimum Gasteiger partial charge on any atom is -0.312 e. The largest absolute Gasteiger partial charge is 0.312 e. The maximum absolute atomic E-state index is 4.75. The fourth-order valence-corrected chi connectivity index (χ4v) is 2.90. The summed E-state index contributed by atoms with van der Waals surface area (Å²) in [6.45, 7) is 8.66. The first-order chi connectivity index (χ1) is 9.16. The highest BCUT2D eigenvalue weighted by atomic mass is 15.3. The molecule has 0 saturated heterocycles. The number of hydrogen-bond acceptors (Lipinski definition) is 2. The molecule has 1 aliphatic carbocycles. The molecule has 1 N–H and O–H groups in total. The van der Waals surface area contributed by atoms with Gasteiger partial charge in [0, 0.05) is 18.3 Å². The van der Waals surface area contributed by atoms with Crippen LogP contribution < -0.4 is 5.32 Å². The van der Waals surface area contributed by atoms with E-state index in [9.17, 15) is 0 Å². The molecule has 1 aromatic rings. The first-order valence-corrected chi connectivity index (χ1v) is 7.92. The first kappa shape index (κ1) is 14.6. The zero-order chi connectivity index (χ0) is 13.7. The Morgan fingerprint density at radius 1 is 1.26 bits per heavy atom. The second-order valence-electron chi connectivity index (χ2n) is 6.39. The van der Waals surface area contributed by atoms with Gasteiger partial charge in [0.05, 0.1) is 11.7 Å². The highest BCUT2D eigenvalue weighted by Crippen LogP contribution is 2.27. The van der Waals surface area contributed by atoms with Crippen LogP contribution in [0, 0.1) is 12.8 Å². The van der Waals surface area contributed by atoms with Gasteiger partial charge in [0.1, 0.15) is 0 Å². The Morgan fingerprint density at radius 3 is 2.58 bits per heavy atom. The minimum atomic E-state index is 0.639. The summed E-state index contributed by atoms with van der Waals surface area (Å²) in [5, 5.41) is 8.27. The molecule has 3 nitrogen and oxygen atoms in total. The van der Waals surface area contributed by atoms with Crippen LogP contribution >= 0.6 is 0 Å². The summed E-state index contributed by atoms with van der Waals surface area (Å²) < 4.78 is 2.24. The van der Waals surface area contributed by atoms with Crippen molar-refractivity contribution in [3.63, 3.8) is 0 Å². The maximum Gasteiger partial charge on any atom is 0.0638 e. The van der Waals surface area contributed by atoms with Crippen molar-refractivity contribution in [3.05, 3.63) is 17.5 Å². The van der Waals surface area contributed by atoms with Crippen LogP contribution in [0.15, 0.2) is 6.20 Å². The van der Waals surface area contributed by atoms with Crippen LogP contribution in [0.4, 0.5) is 0 Å². The Balaban J connectivity index is 1.94. The van der Waals surface area contributed by atoms with E-state index in [1.54, 1.807) is 0 Å². The quantitative estimate of drug-likeness (QED) is 0.818. The Hall–Kier alpha value is -0.830. The van der Waals surface area contributed by atoms with E-state index >= 15 is 0 Å². The third-order valence-electron chi connectivity index (χ3n) is 4.09. The van der Waals surface area contributed by atoms with Crippen LogP contribution in [-0.4, -0.2) is 16.3 Å². The average Bonchev–Trinajstić information content (AvgIpc) is 2.60. The van der Waals surface area contributed by atoms with Crippen molar-refractivity contribution in [2.45, 2.75) is 71.9 Å². The second-order valence-corrected chi connectivity index (χ2v) is 6.39. The van der Waals surface area contributed by atoms with Gasteiger partial charge in [-0.2, -0.15) is 5.10 Å². The number of aromatic nitrogens is 2. The molecule has 19 heavy (non-hydrogen) atoms. The van der Waals surface area contributed by atoms with Gasteiger partial charge < -0.3 is 5.32 Å². The molecule has 1 fully saturated rings. The predicted octanol–water partition coefficient (Wildman–Crippen LogP) is 3.83. The van der Waals surface area contributed by atoms with Crippen molar-refractivity contribution >= 4 is 0 Å². The summed E-state index contributed by atoms with van der Waals surface area (Å²) in [6.07, 6.45) is 10.4. The van der Waals surface area contributed by atoms with Gasteiger partial charge >= 0.3 is 0 Å². The molecule has 0 aromatic carbocycles. The van der Waals surface area contributed by atoms with Crippen molar-refractivity contribution in [3.8, 4) is 0 Å². The van der Waals surface area contributed by atoms with E-state index in [4.69, 9.17) is 5.10 Å². The Morgan fingerprint density at radius 2 is 1.95 bits per heavy atom. The zero-order valence-corrected chi connectivity index (χ0v) is 12.8. The fourth-order valence-electron chi connectivity index (χ4n) is 2.90. The Kier molecular flexibility index (Phi) is 5.44. The van der Waals surface area contributed by atoms with Crippen LogP contribution in [-0.2, 0) is 6.54 Å². The molecule has 0 amide bonds. The lowest BCUT2D eigenvalue weighted by molar-refractivity contribution is 0.404. The third-order valence-corrected chi connectivity index (χ3v) is 4.09. The first-order valence-electron chi connectivity index (χ1n) is 7.92. The van der Waals surface area contributed by atoms with Crippen molar-refractivity contribution in [1.29, 1.82) is 0 Å². The number of nitrogens with zero attached hydrogens (tertiary/aromatic N) is 2. The van der Waals surface area contributed by atoms with Crippen LogP contribution in [0.2, 0.25) is 0 Å². The lowest BCUT2D eigenvalue weighted by Gasteiger charge is -2.14. The average molecular weight is 263 g/mol. The van der Waals surface area contributed by atoms with Crippen LogP contribution in [0.25, 0.3) is 0 Å². The molecule has 1 aromatic heterocycles. The molecule has 0 atom stereocenters. The Labute approximate surface area is 117 Å². The fraction of sp³-hybridized carbons (Fsp3) is 0.812. The predicted molar refractivity (Wildman–Crippen MR) is 80.2 cm³/mol. The minimum absolute atomic E-state index is 0.639. The highest BCUT2D eigenvalue weighted by molar-refractivity contribution is 5.15. The van der Waals surface area contributed by atoms with E-state index in [2.05, 4.69) is 37.0 Å². The molecule has 0 radical (unpaired) electrons. The van der Waals surface area contributed by atoms with Gasteiger partial charge in [0.15, 0.2) is 0 Å². The number of rotatable bonds is 5. The van der Waals surface area contributed by atoms with E-state index in [1.807, 2.05) is 0 Å². The van der Waals surface area contributed by atoms with Crippen molar-refractivity contribution < 1.29 is 0 Å². The van der Waals surface area contributed by atoms with Gasteiger partial charge in [-0.05, 0) is 32.2 Å². The number of hydrogen-bond donors (Lipinski definition) is 1. The Bertz CT molecular complexity index is 373. The number of aryl methyl sites for hydroxylation is 1. The second kappa shape index (κ2) is 7.09. The van der Waals surface area contributed by atoms with Gasteiger partial charge in [-0.15, -0.1) is 0 Å². The standard InChI is InChI=1S/C16H29N3/c1-13(2)10-17-11-15-12-19(18-14(15)3)16-8-6-4-5-7-9-16/h12-13,16-17H,4-11H2,1-3H3. The van der Waals surface area contributed by atoms with Gasteiger partial charge in [0.2, 0.25) is 0 Å². The van der Waals surface area contributed by atoms with E-state index < -0.39 is 0 Å². The van der Waals surface area contributed by atoms with Gasteiger partial charge in [-0.1, -0.05) is 39.5 Å². The van der Waals surface area contributed by atoms with Gasteiger partial charge in [0.25, 0.3) is 0 Å². The summed E-state index contributed by atoms with van der Waals surface area (Å²) >= 11 is 0. The third kappa shape index (κ3) is 4.34. The highest BCUT2D eigenvalue weighted by Gasteiger charge is 2.16. The summed E-state index contributed by atoms with van der Waals surface area (Å²) in [6, 6.07) is 0.639. The monoisotopic (exact) mass is 263 g/mol. The van der Waals surface area contributed by atoms with E-state index in [0.717, 1.165) is 13.1 Å². The topological polar surface area (TPSA) is 29.9 Å². The number of nitrogens with one attached hydrogen (secondary N) is 1. The zero-order valence-electron chi connectivity index (χ0n) is 12.8. The molecule has 0 spiro atoms. The summed E-state index contributed by atoms with van der Waals surface area (Å²) in [5.74, 6) is 0.706. The molecule has 1 saturated carbocycles. The molecule has 1 aliphatic rings. The summed E-state index contributed by atoms with van der Waals surface area (Å²) in [4.78, 5) is 0. The van der Waals surface area contributed by atoms with E-state index in [0.29, 0.717) is 12.0 Å². The molecule has 2 rings (SSSR count). The van der Waals surface area contributed by atoms with Crippen LogP contribution in [0.5, 0.6) is 0 Å². The smallest absolute Gasteiger partial charge is 0.0638 e. The van der Waals surface area contributed by atoms with E-state index in [-0.39, 0.29) is 0 Å². The van der Waals surface area contributed by atoms with Crippen LogP contribution in [0.1, 0.15) is 69.7 Å². The van der Waals surface area contributed by atoms with Crippen molar-refractivity contribution in [2.24, 2.45) is 5.92 Å². The van der Waals surface area contributed by atoms with E-state index in [1.165, 1.54) is 49.8 Å². The van der Waals surface area contributed by atoms with Crippen LogP contribution in [0.3, 0.4) is 0 Å². The lowest BCUT2D eigenvalue weighted by atomic mass is 10.1. The molecule has 3 heteroatoms. The lowest BCUT2D eigenvalue weighted by Crippen LogP contribution is -2.19. The van der Waals surface area contributed by atoms with Crippen molar-refractivity contribution in [1.82, 2.24) is 15.1 Å². The molecular formula is C16H29N3. The summed E-state index contributed by atoms with van der Waals surface area (Å²) in [5.41, 5.74) is 2.56.